The molecule has 0 saturated heterocycles. The number of hydrogen-bond donors (Lipinski definition) is 0. The number of rotatable bonds is 12. The summed E-state index contributed by atoms with van der Waals surface area (Å²) < 4.78 is 0. The molecule has 0 N–H and O–H groups in total. The van der Waals surface area contributed by atoms with E-state index in [2.05, 4.69) is 25.7 Å². The van der Waals surface area contributed by atoms with Gasteiger partial charge in [0.25, 0.3) is 0 Å². The average molecular weight is 222 g/mol. The van der Waals surface area contributed by atoms with Gasteiger partial charge in [-0.1, -0.05) is 63.2 Å². The molecule has 0 heteroatoms. The molecule has 0 aliphatic heterocycles. The van der Waals surface area contributed by atoms with Crippen molar-refractivity contribution in [1.82, 2.24) is 0 Å². The number of unbranched alkanes of at least 4 members (excludes halogenated alkanes) is 10. The summed E-state index contributed by atoms with van der Waals surface area (Å²) in [7, 11) is 0. The predicted octanol–water partition coefficient (Wildman–Crippen LogP) is 6.04. The smallest absolute Gasteiger partial charge is 0.0351 e. The van der Waals surface area contributed by atoms with Gasteiger partial charge in [0.2, 0.25) is 0 Å². The van der Waals surface area contributed by atoms with E-state index in [1.54, 1.807) is 0 Å². The molecule has 0 aliphatic carbocycles. The fraction of sp³-hybridized carbons (Fsp3) is 0.750. The molecule has 0 bridgehead atoms. The summed E-state index contributed by atoms with van der Waals surface area (Å²) in [5, 5.41) is 0. The van der Waals surface area contributed by atoms with E-state index in [0.29, 0.717) is 0 Å². The van der Waals surface area contributed by atoms with Crippen LogP contribution in [0.5, 0.6) is 0 Å². The highest BCUT2D eigenvalue weighted by atomic mass is 14.0. The summed E-state index contributed by atoms with van der Waals surface area (Å²) in [6.07, 6.45) is 21.7. The van der Waals surface area contributed by atoms with Gasteiger partial charge in [0, 0.05) is 0 Å². The van der Waals surface area contributed by atoms with Crippen LogP contribution in [0, 0.1) is 0 Å². The Kier molecular flexibility index (Phi) is 14.0. The average Bonchev–Trinajstić information content (AvgIpc) is 2.31. The third-order valence-electron chi connectivity index (χ3n) is 3.01. The van der Waals surface area contributed by atoms with Crippen LogP contribution in [0.2, 0.25) is 0 Å². The highest BCUT2D eigenvalue weighted by molar-refractivity contribution is 4.76. The maximum atomic E-state index is 3.74. The summed E-state index contributed by atoms with van der Waals surface area (Å²) >= 11 is 0. The van der Waals surface area contributed by atoms with Gasteiger partial charge in [-0.2, -0.15) is 0 Å². The molecule has 0 rings (SSSR count). The molecule has 0 spiro atoms. The van der Waals surface area contributed by atoms with Crippen LogP contribution >= 0.6 is 0 Å². The Labute approximate surface area is 103 Å². The molecule has 0 nitrogen and oxygen atoms in total. The number of hydrogen-bond acceptors (Lipinski definition) is 0. The Balaban J connectivity index is 2.90. The minimum Gasteiger partial charge on any atom is -0.103 e. The zero-order valence-electron chi connectivity index (χ0n) is 11.2. The molecule has 0 unspecified atom stereocenters. The minimum absolute atomic E-state index is 1.20. The maximum Gasteiger partial charge on any atom is -0.0351 e. The molecule has 0 amide bonds. The van der Waals surface area contributed by atoms with E-state index >= 15 is 0 Å². The van der Waals surface area contributed by atoms with E-state index in [1.165, 1.54) is 70.6 Å². The van der Waals surface area contributed by atoms with Gasteiger partial charge in [-0.25, -0.2) is 0 Å². The van der Waals surface area contributed by atoms with Crippen LogP contribution in [0.4, 0.5) is 0 Å². The molecule has 0 saturated carbocycles. The van der Waals surface area contributed by atoms with Crippen molar-refractivity contribution in [2.75, 3.05) is 0 Å². The SMILES string of the molecule is C=CCCCCCCCCCCCC=CC. The standard InChI is InChI=1S/C16H30/c1-3-5-7-9-11-13-15-16-14-12-10-8-6-4-2/h3-4,6H,1,5,7-16H2,2H3. The normalized spacial score (nSPS) is 11.1. The van der Waals surface area contributed by atoms with Crippen LogP contribution in [0.25, 0.3) is 0 Å². The van der Waals surface area contributed by atoms with Crippen LogP contribution in [0.1, 0.15) is 77.6 Å². The molecular formula is C16H30. The van der Waals surface area contributed by atoms with Crippen molar-refractivity contribution in [2.24, 2.45) is 0 Å². The van der Waals surface area contributed by atoms with Crippen LogP contribution in [-0.2, 0) is 0 Å². The molecule has 0 aliphatic rings. The molecule has 0 aromatic carbocycles. The fourth-order valence-corrected chi connectivity index (χ4v) is 1.95. The van der Waals surface area contributed by atoms with Crippen LogP contribution in [0.3, 0.4) is 0 Å². The summed E-state index contributed by atoms with van der Waals surface area (Å²) in [6.45, 7) is 5.85. The highest BCUT2D eigenvalue weighted by Gasteiger charge is 1.91. The summed E-state index contributed by atoms with van der Waals surface area (Å²) in [4.78, 5) is 0. The second kappa shape index (κ2) is 14.5. The number of allylic oxidation sites excluding steroid dienone is 3. The van der Waals surface area contributed by atoms with Gasteiger partial charge in [0.15, 0.2) is 0 Å². The summed E-state index contributed by atoms with van der Waals surface area (Å²) in [5.41, 5.74) is 0. The van der Waals surface area contributed by atoms with Crippen molar-refractivity contribution < 1.29 is 0 Å². The third kappa shape index (κ3) is 13.5. The first-order chi connectivity index (χ1) is 7.91. The first kappa shape index (κ1) is 15.5. The Morgan fingerprint density at radius 1 is 0.688 bits per heavy atom. The predicted molar refractivity (Wildman–Crippen MR) is 75.8 cm³/mol. The molecule has 0 fully saturated rings. The Hall–Kier alpha value is -0.520. The molecule has 0 heterocycles. The molecular weight excluding hydrogens is 192 g/mol. The fourth-order valence-electron chi connectivity index (χ4n) is 1.95. The van der Waals surface area contributed by atoms with Gasteiger partial charge in [-0.05, 0) is 32.6 Å². The Morgan fingerprint density at radius 3 is 1.56 bits per heavy atom. The van der Waals surface area contributed by atoms with Gasteiger partial charge in [0.05, 0.1) is 0 Å². The third-order valence-corrected chi connectivity index (χ3v) is 3.01. The van der Waals surface area contributed by atoms with Gasteiger partial charge in [-0.15, -0.1) is 6.58 Å². The quantitative estimate of drug-likeness (QED) is 0.279. The topological polar surface area (TPSA) is 0 Å². The van der Waals surface area contributed by atoms with Crippen molar-refractivity contribution in [1.29, 1.82) is 0 Å². The monoisotopic (exact) mass is 222 g/mol. The zero-order valence-corrected chi connectivity index (χ0v) is 11.2. The lowest BCUT2D eigenvalue weighted by Gasteiger charge is -2.01. The summed E-state index contributed by atoms with van der Waals surface area (Å²) in [6, 6.07) is 0. The first-order valence-electron chi connectivity index (χ1n) is 7.14. The second-order valence-corrected chi connectivity index (χ2v) is 4.62. The van der Waals surface area contributed by atoms with Crippen molar-refractivity contribution in [3.05, 3.63) is 24.8 Å². The Bertz CT molecular complexity index is 155. The lowest BCUT2D eigenvalue weighted by atomic mass is 10.1. The first-order valence-corrected chi connectivity index (χ1v) is 7.14. The van der Waals surface area contributed by atoms with Gasteiger partial charge >= 0.3 is 0 Å². The molecule has 0 aromatic heterocycles. The van der Waals surface area contributed by atoms with E-state index in [0.717, 1.165) is 0 Å². The van der Waals surface area contributed by atoms with Gasteiger partial charge in [-0.3, -0.25) is 0 Å². The lowest BCUT2D eigenvalue weighted by molar-refractivity contribution is 0.561. The van der Waals surface area contributed by atoms with E-state index in [9.17, 15) is 0 Å². The minimum atomic E-state index is 1.20. The Morgan fingerprint density at radius 2 is 1.12 bits per heavy atom. The van der Waals surface area contributed by atoms with Crippen molar-refractivity contribution in [3.8, 4) is 0 Å². The molecule has 0 radical (unpaired) electrons. The van der Waals surface area contributed by atoms with E-state index < -0.39 is 0 Å². The van der Waals surface area contributed by atoms with Gasteiger partial charge < -0.3 is 0 Å². The maximum absolute atomic E-state index is 3.74. The highest BCUT2D eigenvalue weighted by Crippen LogP contribution is 2.11. The lowest BCUT2D eigenvalue weighted by Crippen LogP contribution is -1.81. The van der Waals surface area contributed by atoms with Gasteiger partial charge in [0.1, 0.15) is 0 Å². The van der Waals surface area contributed by atoms with Crippen molar-refractivity contribution in [3.63, 3.8) is 0 Å². The van der Waals surface area contributed by atoms with Crippen LogP contribution < -0.4 is 0 Å². The molecule has 94 valence electrons. The van der Waals surface area contributed by atoms with E-state index in [1.807, 2.05) is 6.08 Å². The summed E-state index contributed by atoms with van der Waals surface area (Å²) in [5.74, 6) is 0. The molecule has 16 heavy (non-hydrogen) atoms. The van der Waals surface area contributed by atoms with Crippen LogP contribution in [0.15, 0.2) is 24.8 Å². The molecule has 0 aromatic rings. The van der Waals surface area contributed by atoms with Crippen molar-refractivity contribution >= 4 is 0 Å². The largest absolute Gasteiger partial charge is 0.103 e. The van der Waals surface area contributed by atoms with E-state index in [-0.39, 0.29) is 0 Å². The zero-order chi connectivity index (χ0) is 11.9. The van der Waals surface area contributed by atoms with E-state index in [4.69, 9.17) is 0 Å². The second-order valence-electron chi connectivity index (χ2n) is 4.62. The molecule has 0 atom stereocenters. The van der Waals surface area contributed by atoms with Crippen LogP contribution in [-0.4, -0.2) is 0 Å². The van der Waals surface area contributed by atoms with Crippen molar-refractivity contribution in [2.45, 2.75) is 77.6 Å².